The number of nitrogens with zero attached hydrogens (tertiary/aromatic N) is 2. The molecule has 0 atom stereocenters. The van der Waals surface area contributed by atoms with Crippen LogP contribution in [-0.4, -0.2) is 36.3 Å². The van der Waals surface area contributed by atoms with Gasteiger partial charge in [0.05, 0.1) is 19.3 Å². The number of hydrogen-bond donors (Lipinski definition) is 1. The summed E-state index contributed by atoms with van der Waals surface area (Å²) < 4.78 is 11.0. The molecule has 1 N–H and O–H groups in total. The lowest BCUT2D eigenvalue weighted by Gasteiger charge is -2.22. The average molecular weight is 237 g/mol. The molecule has 1 saturated heterocycles. The minimum absolute atomic E-state index is 0.572. The summed E-state index contributed by atoms with van der Waals surface area (Å²) in [5.74, 6) is 1.80. The van der Waals surface area contributed by atoms with Crippen molar-refractivity contribution in [2.24, 2.45) is 5.92 Å². The largest absolute Gasteiger partial charge is 0.478 e. The van der Waals surface area contributed by atoms with Gasteiger partial charge in [-0.2, -0.15) is 0 Å². The van der Waals surface area contributed by atoms with E-state index in [0.29, 0.717) is 24.3 Å². The van der Waals surface area contributed by atoms with Gasteiger partial charge in [0.15, 0.2) is 0 Å². The monoisotopic (exact) mass is 237 g/mol. The van der Waals surface area contributed by atoms with E-state index in [0.717, 1.165) is 19.7 Å². The lowest BCUT2D eigenvalue weighted by atomic mass is 9.99. The van der Waals surface area contributed by atoms with E-state index in [4.69, 9.17) is 9.47 Å². The highest BCUT2D eigenvalue weighted by atomic mass is 16.5. The first kappa shape index (κ1) is 12.1. The fraction of sp³-hybridized carbons (Fsp3) is 0.667. The summed E-state index contributed by atoms with van der Waals surface area (Å²) in [6.07, 6.45) is 3.82. The number of nitrogens with one attached hydrogen (secondary N) is 1. The Labute approximate surface area is 102 Å². The molecule has 0 radical (unpaired) electrons. The molecule has 1 aromatic rings. The van der Waals surface area contributed by atoms with Gasteiger partial charge in [-0.25, -0.2) is 9.97 Å². The maximum atomic E-state index is 5.67. The van der Waals surface area contributed by atoms with Crippen molar-refractivity contribution < 1.29 is 9.47 Å². The number of hydrogen-bond acceptors (Lipinski definition) is 5. The van der Waals surface area contributed by atoms with Crippen LogP contribution in [0.2, 0.25) is 0 Å². The van der Waals surface area contributed by atoms with Gasteiger partial charge < -0.3 is 14.8 Å². The third-order valence-corrected chi connectivity index (χ3v) is 2.83. The Morgan fingerprint density at radius 2 is 1.94 bits per heavy atom. The Hall–Kier alpha value is -1.36. The summed E-state index contributed by atoms with van der Waals surface area (Å²) in [5, 5.41) is 3.34. The summed E-state index contributed by atoms with van der Waals surface area (Å²) in [4.78, 5) is 8.08. The Bertz CT molecular complexity index is 340. The molecule has 2 heterocycles. The predicted molar refractivity (Wildman–Crippen MR) is 64.3 cm³/mol. The lowest BCUT2D eigenvalue weighted by molar-refractivity contribution is 0.207. The van der Waals surface area contributed by atoms with Crippen molar-refractivity contribution in [3.63, 3.8) is 0 Å². The van der Waals surface area contributed by atoms with Gasteiger partial charge in [0.25, 0.3) is 0 Å². The molecule has 1 aliphatic rings. The zero-order chi connectivity index (χ0) is 11.9. The molecular formula is C12H19N3O2. The highest BCUT2D eigenvalue weighted by molar-refractivity contribution is 5.18. The van der Waals surface area contributed by atoms with Crippen LogP contribution in [0.5, 0.6) is 11.8 Å². The number of rotatable bonds is 5. The van der Waals surface area contributed by atoms with E-state index in [1.54, 1.807) is 6.07 Å². The molecule has 2 rings (SSSR count). The molecule has 0 aromatic carbocycles. The van der Waals surface area contributed by atoms with E-state index in [-0.39, 0.29) is 0 Å². The van der Waals surface area contributed by atoms with Crippen molar-refractivity contribution in [2.75, 3.05) is 26.3 Å². The van der Waals surface area contributed by atoms with Crippen molar-refractivity contribution >= 4 is 0 Å². The van der Waals surface area contributed by atoms with Gasteiger partial charge in [0, 0.05) is 0 Å². The maximum absolute atomic E-state index is 5.67. The smallest absolute Gasteiger partial charge is 0.220 e. The highest BCUT2D eigenvalue weighted by Crippen LogP contribution is 2.16. The van der Waals surface area contributed by atoms with Crippen LogP contribution in [0.25, 0.3) is 0 Å². The summed E-state index contributed by atoms with van der Waals surface area (Å²) in [7, 11) is 0. The van der Waals surface area contributed by atoms with Crippen molar-refractivity contribution in [3.05, 3.63) is 12.4 Å². The second kappa shape index (κ2) is 6.39. The van der Waals surface area contributed by atoms with Gasteiger partial charge in [-0.05, 0) is 38.8 Å². The van der Waals surface area contributed by atoms with Crippen LogP contribution in [-0.2, 0) is 0 Å². The Morgan fingerprint density at radius 1 is 1.24 bits per heavy atom. The van der Waals surface area contributed by atoms with E-state index in [1.807, 2.05) is 6.92 Å². The van der Waals surface area contributed by atoms with Gasteiger partial charge in [-0.1, -0.05) is 0 Å². The minimum atomic E-state index is 0.572. The molecule has 0 amide bonds. The van der Waals surface area contributed by atoms with Gasteiger partial charge in [0.2, 0.25) is 11.8 Å². The summed E-state index contributed by atoms with van der Waals surface area (Å²) in [6, 6.07) is 1.74. The lowest BCUT2D eigenvalue weighted by Crippen LogP contribution is -2.30. The molecule has 0 bridgehead atoms. The second-order valence-corrected chi connectivity index (χ2v) is 4.13. The third-order valence-electron chi connectivity index (χ3n) is 2.83. The first-order valence-corrected chi connectivity index (χ1v) is 6.17. The molecule has 0 spiro atoms. The van der Waals surface area contributed by atoms with Gasteiger partial charge in [0.1, 0.15) is 6.33 Å². The van der Waals surface area contributed by atoms with Crippen molar-refractivity contribution in [3.8, 4) is 11.8 Å². The van der Waals surface area contributed by atoms with Crippen LogP contribution >= 0.6 is 0 Å². The quantitative estimate of drug-likeness (QED) is 0.835. The molecule has 1 aromatic heterocycles. The van der Waals surface area contributed by atoms with Crippen molar-refractivity contribution in [2.45, 2.75) is 19.8 Å². The minimum Gasteiger partial charge on any atom is -0.478 e. The SMILES string of the molecule is CCOc1cc(OCC2CCNCC2)ncn1. The first-order valence-electron chi connectivity index (χ1n) is 6.17. The molecule has 94 valence electrons. The standard InChI is InChI=1S/C12H19N3O2/c1-2-16-11-7-12(15-9-14-11)17-8-10-3-5-13-6-4-10/h7,9-10,13H,2-6,8H2,1H3. The summed E-state index contributed by atoms with van der Waals surface area (Å²) >= 11 is 0. The molecule has 0 unspecified atom stereocenters. The molecule has 5 heteroatoms. The van der Waals surface area contributed by atoms with Crippen LogP contribution in [0.15, 0.2) is 12.4 Å². The maximum Gasteiger partial charge on any atom is 0.220 e. The zero-order valence-corrected chi connectivity index (χ0v) is 10.2. The predicted octanol–water partition coefficient (Wildman–Crippen LogP) is 1.25. The highest BCUT2D eigenvalue weighted by Gasteiger charge is 2.13. The van der Waals surface area contributed by atoms with Gasteiger partial charge in [-0.3, -0.25) is 0 Å². The Balaban J connectivity index is 1.83. The molecule has 1 aliphatic heterocycles. The fourth-order valence-electron chi connectivity index (χ4n) is 1.88. The second-order valence-electron chi connectivity index (χ2n) is 4.13. The Morgan fingerprint density at radius 3 is 2.65 bits per heavy atom. The van der Waals surface area contributed by atoms with Crippen LogP contribution < -0.4 is 14.8 Å². The fourth-order valence-corrected chi connectivity index (χ4v) is 1.88. The van der Waals surface area contributed by atoms with Crippen molar-refractivity contribution in [1.29, 1.82) is 0 Å². The summed E-state index contributed by atoms with van der Waals surface area (Å²) in [5.41, 5.74) is 0. The van der Waals surface area contributed by atoms with E-state index in [9.17, 15) is 0 Å². The molecule has 0 aliphatic carbocycles. The molecule has 0 saturated carbocycles. The average Bonchev–Trinajstić information content (AvgIpc) is 2.39. The van der Waals surface area contributed by atoms with E-state index in [2.05, 4.69) is 15.3 Å². The zero-order valence-electron chi connectivity index (χ0n) is 10.2. The van der Waals surface area contributed by atoms with E-state index < -0.39 is 0 Å². The van der Waals surface area contributed by atoms with Crippen LogP contribution in [0.1, 0.15) is 19.8 Å². The first-order chi connectivity index (χ1) is 8.38. The van der Waals surface area contributed by atoms with Gasteiger partial charge >= 0.3 is 0 Å². The van der Waals surface area contributed by atoms with Crippen molar-refractivity contribution in [1.82, 2.24) is 15.3 Å². The number of ether oxygens (including phenoxy) is 2. The van der Waals surface area contributed by atoms with E-state index >= 15 is 0 Å². The van der Waals surface area contributed by atoms with E-state index in [1.165, 1.54) is 19.2 Å². The molecular weight excluding hydrogens is 218 g/mol. The van der Waals surface area contributed by atoms with Crippen LogP contribution in [0, 0.1) is 5.92 Å². The van der Waals surface area contributed by atoms with Gasteiger partial charge in [-0.15, -0.1) is 0 Å². The third kappa shape index (κ3) is 3.85. The molecule has 5 nitrogen and oxygen atoms in total. The molecule has 17 heavy (non-hydrogen) atoms. The normalized spacial score (nSPS) is 16.8. The van der Waals surface area contributed by atoms with Crippen LogP contribution in [0.3, 0.4) is 0 Å². The molecule has 1 fully saturated rings. The Kier molecular flexibility index (Phi) is 4.55. The van der Waals surface area contributed by atoms with Crippen LogP contribution in [0.4, 0.5) is 0 Å². The topological polar surface area (TPSA) is 56.3 Å². The summed E-state index contributed by atoms with van der Waals surface area (Å²) in [6.45, 7) is 5.43. The number of piperidine rings is 1. The number of aromatic nitrogens is 2.